The first-order chi connectivity index (χ1) is 7.88. The van der Waals surface area contributed by atoms with E-state index in [9.17, 15) is 0 Å². The Morgan fingerprint density at radius 3 is 2.94 bits per heavy atom. The SMILES string of the molecule is N#CC1=CC=C2c3ccccc3C=CN2C1. The molecule has 0 unspecified atom stereocenters. The normalized spacial score (nSPS) is 16.8. The highest BCUT2D eigenvalue weighted by atomic mass is 15.1. The fourth-order valence-electron chi connectivity index (χ4n) is 2.09. The van der Waals surface area contributed by atoms with E-state index in [4.69, 9.17) is 5.26 Å². The predicted molar refractivity (Wildman–Crippen MR) is 63.9 cm³/mol. The van der Waals surface area contributed by atoms with E-state index >= 15 is 0 Å². The minimum atomic E-state index is 0.674. The highest BCUT2D eigenvalue weighted by molar-refractivity contribution is 5.79. The van der Waals surface area contributed by atoms with Gasteiger partial charge in [-0.1, -0.05) is 24.3 Å². The summed E-state index contributed by atoms with van der Waals surface area (Å²) in [7, 11) is 0. The van der Waals surface area contributed by atoms with Crippen molar-refractivity contribution >= 4 is 11.8 Å². The summed E-state index contributed by atoms with van der Waals surface area (Å²) in [6, 6.07) is 10.5. The second-order valence-corrected chi connectivity index (χ2v) is 3.89. The minimum Gasteiger partial charge on any atom is -0.342 e. The number of hydrogen-bond acceptors (Lipinski definition) is 2. The monoisotopic (exact) mass is 206 g/mol. The van der Waals surface area contributed by atoms with Gasteiger partial charge in [-0.2, -0.15) is 5.26 Å². The Morgan fingerprint density at radius 1 is 1.19 bits per heavy atom. The molecule has 0 amide bonds. The van der Waals surface area contributed by atoms with Gasteiger partial charge in [-0.05, 0) is 23.8 Å². The van der Waals surface area contributed by atoms with Crippen LogP contribution in [0, 0.1) is 11.3 Å². The summed E-state index contributed by atoms with van der Waals surface area (Å²) in [6.07, 6.45) is 8.05. The summed E-state index contributed by atoms with van der Waals surface area (Å²) in [6.45, 7) is 0.674. The highest BCUT2D eigenvalue weighted by Crippen LogP contribution is 2.31. The topological polar surface area (TPSA) is 27.0 Å². The Morgan fingerprint density at radius 2 is 2.06 bits per heavy atom. The molecule has 0 atom stereocenters. The molecule has 2 heteroatoms. The van der Waals surface area contributed by atoms with Gasteiger partial charge in [0.25, 0.3) is 0 Å². The van der Waals surface area contributed by atoms with Crippen LogP contribution in [-0.2, 0) is 0 Å². The average Bonchev–Trinajstić information content (AvgIpc) is 2.38. The molecular formula is C14H10N2. The van der Waals surface area contributed by atoms with Gasteiger partial charge in [-0.15, -0.1) is 0 Å². The van der Waals surface area contributed by atoms with Gasteiger partial charge in [0, 0.05) is 23.0 Å². The molecule has 2 aliphatic rings. The Hall–Kier alpha value is -2.27. The van der Waals surface area contributed by atoms with Gasteiger partial charge in [0.05, 0.1) is 12.6 Å². The summed E-state index contributed by atoms with van der Waals surface area (Å²) in [5.41, 5.74) is 4.45. The largest absolute Gasteiger partial charge is 0.342 e. The number of rotatable bonds is 0. The highest BCUT2D eigenvalue weighted by Gasteiger charge is 2.19. The average molecular weight is 206 g/mol. The number of fused-ring (bicyclic) bond motifs is 3. The van der Waals surface area contributed by atoms with E-state index in [2.05, 4.69) is 29.2 Å². The molecule has 0 fully saturated rings. The van der Waals surface area contributed by atoms with Crippen LogP contribution in [0.3, 0.4) is 0 Å². The first kappa shape index (κ1) is 8.99. The van der Waals surface area contributed by atoms with Crippen LogP contribution in [0.1, 0.15) is 11.1 Å². The second kappa shape index (κ2) is 3.39. The smallest absolute Gasteiger partial charge is 0.0966 e. The van der Waals surface area contributed by atoms with Crippen LogP contribution >= 0.6 is 0 Å². The number of hydrogen-bond donors (Lipinski definition) is 0. The lowest BCUT2D eigenvalue weighted by Crippen LogP contribution is -2.23. The second-order valence-electron chi connectivity index (χ2n) is 3.89. The number of benzene rings is 1. The molecule has 0 saturated heterocycles. The summed E-state index contributed by atoms with van der Waals surface area (Å²) in [5, 5.41) is 8.88. The summed E-state index contributed by atoms with van der Waals surface area (Å²) < 4.78 is 0. The summed E-state index contributed by atoms with van der Waals surface area (Å²) in [5.74, 6) is 0. The quantitative estimate of drug-likeness (QED) is 0.652. The van der Waals surface area contributed by atoms with Crippen LogP contribution in [0.2, 0.25) is 0 Å². The molecule has 3 rings (SSSR count). The summed E-state index contributed by atoms with van der Waals surface area (Å²) in [4.78, 5) is 2.11. The molecule has 1 aromatic carbocycles. The third-order valence-electron chi connectivity index (χ3n) is 2.91. The van der Waals surface area contributed by atoms with Gasteiger partial charge < -0.3 is 4.90 Å². The first-order valence-corrected chi connectivity index (χ1v) is 5.24. The van der Waals surface area contributed by atoms with E-state index in [0.29, 0.717) is 6.54 Å². The minimum absolute atomic E-state index is 0.674. The number of nitriles is 1. The maximum atomic E-state index is 8.88. The lowest BCUT2D eigenvalue weighted by molar-refractivity contribution is 0.576. The molecule has 1 aromatic rings. The van der Waals surface area contributed by atoms with Crippen molar-refractivity contribution in [2.75, 3.05) is 6.54 Å². The first-order valence-electron chi connectivity index (χ1n) is 5.24. The van der Waals surface area contributed by atoms with Gasteiger partial charge in [-0.3, -0.25) is 0 Å². The van der Waals surface area contributed by atoms with E-state index in [-0.39, 0.29) is 0 Å². The lowest BCUT2D eigenvalue weighted by Gasteiger charge is -2.30. The van der Waals surface area contributed by atoms with Crippen LogP contribution < -0.4 is 0 Å². The molecule has 76 valence electrons. The molecule has 0 N–H and O–H groups in total. The van der Waals surface area contributed by atoms with Crippen LogP contribution in [0.5, 0.6) is 0 Å². The van der Waals surface area contributed by atoms with Crippen molar-refractivity contribution in [2.45, 2.75) is 0 Å². The molecule has 0 saturated carbocycles. The van der Waals surface area contributed by atoms with Gasteiger partial charge in [-0.25, -0.2) is 0 Å². The molecule has 0 aliphatic carbocycles. The van der Waals surface area contributed by atoms with Crippen molar-refractivity contribution in [1.29, 1.82) is 5.26 Å². The Kier molecular flexibility index (Phi) is 1.91. The zero-order chi connectivity index (χ0) is 11.0. The molecule has 0 aromatic heterocycles. The summed E-state index contributed by atoms with van der Waals surface area (Å²) >= 11 is 0. The molecule has 16 heavy (non-hydrogen) atoms. The predicted octanol–water partition coefficient (Wildman–Crippen LogP) is 2.78. The molecule has 2 aliphatic heterocycles. The van der Waals surface area contributed by atoms with Crippen molar-refractivity contribution in [3.8, 4) is 6.07 Å². The molecule has 2 nitrogen and oxygen atoms in total. The van der Waals surface area contributed by atoms with Crippen molar-refractivity contribution < 1.29 is 0 Å². The van der Waals surface area contributed by atoms with E-state index in [1.807, 2.05) is 30.5 Å². The van der Waals surface area contributed by atoms with Crippen LogP contribution in [0.4, 0.5) is 0 Å². The fourth-order valence-corrected chi connectivity index (χ4v) is 2.09. The number of allylic oxidation sites excluding steroid dienone is 2. The molecule has 2 heterocycles. The third kappa shape index (κ3) is 1.26. The van der Waals surface area contributed by atoms with Crippen LogP contribution in [-0.4, -0.2) is 11.4 Å². The van der Waals surface area contributed by atoms with E-state index in [1.165, 1.54) is 16.8 Å². The standard InChI is InChI=1S/C14H10N2/c15-9-11-5-6-14-13-4-2-1-3-12(13)7-8-16(14)10-11/h1-8H,10H2. The number of nitrogens with zero attached hydrogens (tertiary/aromatic N) is 2. The van der Waals surface area contributed by atoms with E-state index < -0.39 is 0 Å². The Balaban J connectivity index is 2.15. The van der Waals surface area contributed by atoms with Crippen molar-refractivity contribution in [1.82, 2.24) is 4.90 Å². The molecule has 0 radical (unpaired) electrons. The zero-order valence-corrected chi connectivity index (χ0v) is 8.72. The molecular weight excluding hydrogens is 196 g/mol. The van der Waals surface area contributed by atoms with Gasteiger partial charge in [0.2, 0.25) is 0 Å². The van der Waals surface area contributed by atoms with E-state index in [0.717, 1.165) is 5.57 Å². The maximum Gasteiger partial charge on any atom is 0.0966 e. The lowest BCUT2D eigenvalue weighted by atomic mass is 9.97. The zero-order valence-electron chi connectivity index (χ0n) is 8.72. The Bertz CT molecular complexity index is 571. The van der Waals surface area contributed by atoms with E-state index in [1.54, 1.807) is 0 Å². The molecule has 0 spiro atoms. The van der Waals surface area contributed by atoms with Crippen molar-refractivity contribution in [2.24, 2.45) is 0 Å². The van der Waals surface area contributed by atoms with Crippen LogP contribution in [0.25, 0.3) is 11.8 Å². The van der Waals surface area contributed by atoms with Crippen molar-refractivity contribution in [3.05, 3.63) is 59.3 Å². The Labute approximate surface area is 94.4 Å². The van der Waals surface area contributed by atoms with Crippen molar-refractivity contribution in [3.63, 3.8) is 0 Å². The maximum absolute atomic E-state index is 8.88. The van der Waals surface area contributed by atoms with Gasteiger partial charge in [0.15, 0.2) is 0 Å². The molecule has 0 bridgehead atoms. The fraction of sp³-hybridized carbons (Fsp3) is 0.0714. The van der Waals surface area contributed by atoms with Crippen LogP contribution in [0.15, 0.2) is 48.2 Å². The third-order valence-corrected chi connectivity index (χ3v) is 2.91. The van der Waals surface area contributed by atoms with Gasteiger partial charge >= 0.3 is 0 Å². The van der Waals surface area contributed by atoms with Gasteiger partial charge in [0.1, 0.15) is 0 Å².